The third kappa shape index (κ3) is 3.29. The predicted octanol–water partition coefficient (Wildman–Crippen LogP) is 2.41. The van der Waals surface area contributed by atoms with Gasteiger partial charge in [0.25, 0.3) is 11.1 Å². The number of halogens is 1. The second-order valence-corrected chi connectivity index (χ2v) is 5.96. The van der Waals surface area contributed by atoms with E-state index in [9.17, 15) is 0 Å². The summed E-state index contributed by atoms with van der Waals surface area (Å²) in [6.07, 6.45) is 2.35. The number of quaternary nitrogens is 1. The molecule has 6 heteroatoms. The summed E-state index contributed by atoms with van der Waals surface area (Å²) in [7, 11) is 0. The van der Waals surface area contributed by atoms with Gasteiger partial charge in [-0.15, -0.1) is 10.2 Å². The third-order valence-corrected chi connectivity index (χ3v) is 4.29. The Labute approximate surface area is 120 Å². The van der Waals surface area contributed by atoms with Gasteiger partial charge in [-0.25, -0.2) is 0 Å². The first kappa shape index (κ1) is 13.0. The number of hydrogen-bond donors (Lipinski definition) is 1. The molecule has 2 heterocycles. The molecule has 1 atom stereocenters. The molecule has 4 nitrogen and oxygen atoms in total. The first-order valence-electron chi connectivity index (χ1n) is 6.35. The van der Waals surface area contributed by atoms with E-state index < -0.39 is 0 Å². The van der Waals surface area contributed by atoms with Gasteiger partial charge in [0.1, 0.15) is 0 Å². The van der Waals surface area contributed by atoms with Crippen LogP contribution in [0.15, 0.2) is 33.9 Å². The first-order chi connectivity index (χ1) is 9.31. The molecule has 0 bridgehead atoms. The number of hydrogen-bond acceptors (Lipinski definition) is 4. The summed E-state index contributed by atoms with van der Waals surface area (Å²) in [6, 6.07) is 8.17. The molecule has 1 aromatic carbocycles. The van der Waals surface area contributed by atoms with Gasteiger partial charge in [0.05, 0.1) is 6.54 Å². The number of aromatic nitrogens is 2. The Hall–Kier alpha value is -1.04. The molecule has 19 heavy (non-hydrogen) atoms. The lowest BCUT2D eigenvalue weighted by atomic mass is 10.2. The summed E-state index contributed by atoms with van der Waals surface area (Å²) in [5.74, 6) is 1.54. The van der Waals surface area contributed by atoms with Crippen LogP contribution in [0.5, 0.6) is 0 Å². The second-order valence-electron chi connectivity index (χ2n) is 4.60. The fourth-order valence-electron chi connectivity index (χ4n) is 2.20. The maximum absolute atomic E-state index is 5.95. The number of rotatable bonds is 4. The highest BCUT2D eigenvalue weighted by Gasteiger charge is 2.26. The van der Waals surface area contributed by atoms with E-state index in [0.29, 0.717) is 11.3 Å². The molecule has 2 aromatic rings. The van der Waals surface area contributed by atoms with Crippen LogP contribution >= 0.6 is 23.4 Å². The van der Waals surface area contributed by atoms with Gasteiger partial charge in [-0.05, 0) is 17.7 Å². The average molecular weight is 297 g/mol. The van der Waals surface area contributed by atoms with Crippen LogP contribution in [0.3, 0.4) is 0 Å². The quantitative estimate of drug-likeness (QED) is 0.880. The topological polar surface area (TPSA) is 55.5 Å². The van der Waals surface area contributed by atoms with Gasteiger partial charge in [0, 0.05) is 23.6 Å². The minimum absolute atomic E-state index is 0.355. The zero-order chi connectivity index (χ0) is 13.1. The van der Waals surface area contributed by atoms with Crippen LogP contribution in [0.2, 0.25) is 5.02 Å². The van der Waals surface area contributed by atoms with E-state index >= 15 is 0 Å². The molecule has 1 fully saturated rings. The molecule has 3 rings (SSSR count). The van der Waals surface area contributed by atoms with Crippen LogP contribution in [0.4, 0.5) is 0 Å². The Morgan fingerprint density at radius 2 is 2.37 bits per heavy atom. The Kier molecular flexibility index (Phi) is 4.06. The summed E-state index contributed by atoms with van der Waals surface area (Å²) in [6.45, 7) is 1.15. The molecule has 0 saturated carbocycles. The van der Waals surface area contributed by atoms with Crippen LogP contribution in [-0.4, -0.2) is 16.7 Å². The van der Waals surface area contributed by atoms with Crippen LogP contribution in [0, 0.1) is 0 Å². The van der Waals surface area contributed by atoms with Gasteiger partial charge in [-0.3, -0.25) is 0 Å². The molecule has 0 aliphatic carbocycles. The lowest BCUT2D eigenvalue weighted by molar-refractivity contribution is -0.678. The van der Waals surface area contributed by atoms with Gasteiger partial charge < -0.3 is 9.73 Å². The van der Waals surface area contributed by atoms with E-state index in [0.717, 1.165) is 35.2 Å². The van der Waals surface area contributed by atoms with Crippen LogP contribution in [-0.2, 0) is 5.75 Å². The molecule has 0 spiro atoms. The van der Waals surface area contributed by atoms with Gasteiger partial charge in [-0.1, -0.05) is 35.5 Å². The zero-order valence-corrected chi connectivity index (χ0v) is 12.0. The lowest BCUT2D eigenvalue weighted by Crippen LogP contribution is -2.81. The molecule has 1 saturated heterocycles. The van der Waals surface area contributed by atoms with Gasteiger partial charge in [0.15, 0.2) is 6.04 Å². The molecule has 0 unspecified atom stereocenters. The van der Waals surface area contributed by atoms with Crippen molar-refractivity contribution < 1.29 is 9.73 Å². The monoisotopic (exact) mass is 296 g/mol. The SMILES string of the molecule is Clc1cccc(CSc2nnc([C@@H]3CCC[NH2+]3)o2)c1. The van der Waals surface area contributed by atoms with Gasteiger partial charge >= 0.3 is 0 Å². The Balaban J connectivity index is 1.61. The molecule has 1 aromatic heterocycles. The minimum Gasteiger partial charge on any atom is -0.410 e. The Morgan fingerprint density at radius 1 is 1.42 bits per heavy atom. The van der Waals surface area contributed by atoms with E-state index in [1.807, 2.05) is 24.3 Å². The molecule has 100 valence electrons. The summed E-state index contributed by atoms with van der Waals surface area (Å²) in [5.41, 5.74) is 1.16. The number of thioether (sulfide) groups is 1. The highest BCUT2D eigenvalue weighted by atomic mass is 35.5. The summed E-state index contributed by atoms with van der Waals surface area (Å²) >= 11 is 7.50. The largest absolute Gasteiger partial charge is 0.410 e. The van der Waals surface area contributed by atoms with Gasteiger partial charge in [-0.2, -0.15) is 0 Å². The molecule has 0 radical (unpaired) electrons. The standard InChI is InChI=1S/C13H14ClN3OS/c14-10-4-1-3-9(7-10)8-19-13-17-16-12(18-13)11-5-2-6-15-11/h1,3-4,7,11,15H,2,5-6,8H2/p+1/t11-/m0/s1. The van der Waals surface area contributed by atoms with Crippen molar-refractivity contribution in [2.45, 2.75) is 29.9 Å². The lowest BCUT2D eigenvalue weighted by Gasteiger charge is -2.00. The highest BCUT2D eigenvalue weighted by molar-refractivity contribution is 7.98. The van der Waals surface area contributed by atoms with Crippen molar-refractivity contribution >= 4 is 23.4 Å². The molecule has 0 amide bonds. The van der Waals surface area contributed by atoms with Crippen LogP contribution in [0.1, 0.15) is 30.3 Å². The van der Waals surface area contributed by atoms with Crippen LogP contribution < -0.4 is 5.32 Å². The molecule has 1 aliphatic rings. The summed E-state index contributed by atoms with van der Waals surface area (Å²) in [5, 5.41) is 11.9. The van der Waals surface area contributed by atoms with Crippen LogP contribution in [0.25, 0.3) is 0 Å². The van der Waals surface area contributed by atoms with Gasteiger partial charge in [0.2, 0.25) is 0 Å². The van der Waals surface area contributed by atoms with E-state index in [1.165, 1.54) is 6.42 Å². The molecular weight excluding hydrogens is 282 g/mol. The zero-order valence-electron chi connectivity index (χ0n) is 10.4. The van der Waals surface area contributed by atoms with Crippen molar-refractivity contribution in [3.8, 4) is 0 Å². The molecule has 1 aliphatic heterocycles. The Morgan fingerprint density at radius 3 is 3.16 bits per heavy atom. The fourth-order valence-corrected chi connectivity index (χ4v) is 3.12. The van der Waals surface area contributed by atoms with Crippen molar-refractivity contribution in [3.05, 3.63) is 40.7 Å². The summed E-state index contributed by atoms with van der Waals surface area (Å²) in [4.78, 5) is 0. The molecule has 2 N–H and O–H groups in total. The van der Waals surface area contributed by atoms with Crippen molar-refractivity contribution in [1.29, 1.82) is 0 Å². The van der Waals surface area contributed by atoms with Crippen molar-refractivity contribution in [2.24, 2.45) is 0 Å². The fraction of sp³-hybridized carbons (Fsp3) is 0.385. The normalized spacial score (nSPS) is 18.9. The van der Waals surface area contributed by atoms with Crippen molar-refractivity contribution in [2.75, 3.05) is 6.54 Å². The smallest absolute Gasteiger partial charge is 0.277 e. The number of nitrogens with zero attached hydrogens (tertiary/aromatic N) is 2. The second kappa shape index (κ2) is 5.94. The molecular formula is C13H15ClN3OS+. The Bertz CT molecular complexity index is 554. The number of nitrogens with two attached hydrogens (primary N) is 1. The van der Waals surface area contributed by atoms with Crippen molar-refractivity contribution in [3.63, 3.8) is 0 Å². The van der Waals surface area contributed by atoms with E-state index in [1.54, 1.807) is 11.8 Å². The third-order valence-electron chi connectivity index (χ3n) is 3.16. The van der Waals surface area contributed by atoms with E-state index in [-0.39, 0.29) is 0 Å². The number of benzene rings is 1. The van der Waals surface area contributed by atoms with E-state index in [4.69, 9.17) is 16.0 Å². The minimum atomic E-state index is 0.355. The van der Waals surface area contributed by atoms with E-state index in [2.05, 4.69) is 15.5 Å². The predicted molar refractivity (Wildman–Crippen MR) is 74.1 cm³/mol. The maximum Gasteiger partial charge on any atom is 0.277 e. The highest BCUT2D eigenvalue weighted by Crippen LogP contribution is 2.25. The maximum atomic E-state index is 5.95. The summed E-state index contributed by atoms with van der Waals surface area (Å²) < 4.78 is 5.70. The van der Waals surface area contributed by atoms with Crippen molar-refractivity contribution in [1.82, 2.24) is 10.2 Å². The average Bonchev–Trinajstić information content (AvgIpc) is 3.07. The first-order valence-corrected chi connectivity index (χ1v) is 7.71.